The minimum atomic E-state index is 0.473. The van der Waals surface area contributed by atoms with Gasteiger partial charge in [0, 0.05) is 28.0 Å². The van der Waals surface area contributed by atoms with Crippen LogP contribution in [-0.2, 0) is 6.42 Å². The number of aromatic nitrogens is 6. The van der Waals surface area contributed by atoms with Crippen LogP contribution < -0.4 is 4.74 Å². The summed E-state index contributed by atoms with van der Waals surface area (Å²) in [6.07, 6.45) is 5.46. The third-order valence-corrected chi connectivity index (χ3v) is 4.22. The van der Waals surface area contributed by atoms with Crippen molar-refractivity contribution in [2.45, 2.75) is 6.42 Å². The van der Waals surface area contributed by atoms with E-state index in [1.54, 1.807) is 24.2 Å². The van der Waals surface area contributed by atoms with Crippen LogP contribution in [-0.4, -0.2) is 36.8 Å². The number of benzene rings is 1. The summed E-state index contributed by atoms with van der Waals surface area (Å²) in [6.45, 7) is 0. The molecule has 25 heavy (non-hydrogen) atoms. The number of hydrogen-bond donors (Lipinski definition) is 0. The molecular weight excluding hydrogens is 384 g/mol. The van der Waals surface area contributed by atoms with E-state index in [0.717, 1.165) is 20.9 Å². The fraction of sp³-hybridized carbons (Fsp3) is 0.118. The van der Waals surface area contributed by atoms with Crippen LogP contribution in [0.25, 0.3) is 16.9 Å². The Morgan fingerprint density at radius 1 is 1.16 bits per heavy atom. The van der Waals surface area contributed by atoms with E-state index in [2.05, 4.69) is 41.0 Å². The van der Waals surface area contributed by atoms with Crippen molar-refractivity contribution in [3.05, 3.63) is 64.9 Å². The van der Waals surface area contributed by atoms with Crippen LogP contribution in [0.1, 0.15) is 11.4 Å². The molecule has 0 saturated carbocycles. The fourth-order valence-electron chi connectivity index (χ4n) is 2.57. The van der Waals surface area contributed by atoms with Crippen molar-refractivity contribution in [1.82, 2.24) is 29.7 Å². The Hall–Kier alpha value is -2.87. The number of fused-ring (bicyclic) bond motifs is 1. The van der Waals surface area contributed by atoms with Crippen molar-refractivity contribution in [2.24, 2.45) is 0 Å². The lowest BCUT2D eigenvalue weighted by Crippen LogP contribution is -2.07. The van der Waals surface area contributed by atoms with Crippen molar-refractivity contribution in [3.63, 3.8) is 0 Å². The smallest absolute Gasteiger partial charge is 0.254 e. The molecule has 0 radical (unpaired) electrons. The van der Waals surface area contributed by atoms with Crippen molar-refractivity contribution in [2.75, 3.05) is 7.11 Å². The van der Waals surface area contributed by atoms with Gasteiger partial charge in [-0.3, -0.25) is 0 Å². The average Bonchev–Trinajstić information content (AvgIpc) is 3.05. The second-order valence-corrected chi connectivity index (χ2v) is 6.23. The molecule has 0 aliphatic heterocycles. The summed E-state index contributed by atoms with van der Waals surface area (Å²) in [4.78, 5) is 17.3. The van der Waals surface area contributed by atoms with Crippen molar-refractivity contribution < 1.29 is 4.74 Å². The van der Waals surface area contributed by atoms with E-state index in [9.17, 15) is 0 Å². The number of halogens is 1. The largest absolute Gasteiger partial charge is 0.481 e. The number of rotatable bonds is 4. The highest BCUT2D eigenvalue weighted by Gasteiger charge is 2.11. The van der Waals surface area contributed by atoms with Gasteiger partial charge in [0.25, 0.3) is 5.95 Å². The van der Waals surface area contributed by atoms with Crippen LogP contribution in [0.4, 0.5) is 0 Å². The molecule has 0 amide bonds. The first-order valence-electron chi connectivity index (χ1n) is 7.54. The first kappa shape index (κ1) is 15.6. The second kappa shape index (κ2) is 6.56. The fourth-order valence-corrected chi connectivity index (χ4v) is 2.92. The van der Waals surface area contributed by atoms with Gasteiger partial charge in [-0.15, -0.1) is 0 Å². The number of nitrogens with zero attached hydrogens (tertiary/aromatic N) is 6. The zero-order chi connectivity index (χ0) is 17.2. The lowest BCUT2D eigenvalue weighted by atomic mass is 10.2. The Kier molecular flexibility index (Phi) is 4.10. The van der Waals surface area contributed by atoms with Crippen molar-refractivity contribution >= 4 is 26.8 Å². The highest BCUT2D eigenvalue weighted by Crippen LogP contribution is 2.21. The summed E-state index contributed by atoms with van der Waals surface area (Å²) in [5.74, 6) is 1.66. The first-order chi connectivity index (χ1) is 12.2. The normalized spacial score (nSPS) is 11.0. The van der Waals surface area contributed by atoms with Gasteiger partial charge in [0.1, 0.15) is 12.2 Å². The van der Waals surface area contributed by atoms with Crippen LogP contribution in [0.15, 0.2) is 53.5 Å². The zero-order valence-electron chi connectivity index (χ0n) is 13.3. The van der Waals surface area contributed by atoms with E-state index in [4.69, 9.17) is 4.74 Å². The number of methoxy groups -OCH3 is 1. The van der Waals surface area contributed by atoms with Crippen LogP contribution in [0.2, 0.25) is 0 Å². The summed E-state index contributed by atoms with van der Waals surface area (Å²) in [7, 11) is 1.60. The molecule has 0 unspecified atom stereocenters. The molecule has 0 bridgehead atoms. The Labute approximate surface area is 151 Å². The molecule has 0 fully saturated rings. The number of ether oxygens (including phenoxy) is 1. The summed E-state index contributed by atoms with van der Waals surface area (Å²) in [5.41, 5.74) is 1.83. The first-order valence-corrected chi connectivity index (χ1v) is 8.33. The van der Waals surface area contributed by atoms with Gasteiger partial charge >= 0.3 is 0 Å². The maximum atomic E-state index is 5.29. The van der Waals surface area contributed by atoms with E-state index >= 15 is 0 Å². The molecule has 0 aliphatic rings. The molecule has 4 aromatic rings. The Bertz CT molecular complexity index is 1050. The molecule has 0 atom stereocenters. The third kappa shape index (κ3) is 3.08. The standard InChI is InChI=1S/C17H13BrN6O/c1-25-16-11(3-2-6-19-16)7-15-20-10-21-17(23-15)24-14-8-13(18)5-4-12(14)9-22-24/h2-6,8-10H,7H2,1H3. The van der Waals surface area contributed by atoms with Crippen molar-refractivity contribution in [1.29, 1.82) is 0 Å². The predicted octanol–water partition coefficient (Wildman–Crippen LogP) is 2.97. The summed E-state index contributed by atoms with van der Waals surface area (Å²) < 4.78 is 7.95. The molecule has 3 aromatic heterocycles. The maximum absolute atomic E-state index is 5.29. The second-order valence-electron chi connectivity index (χ2n) is 5.31. The van der Waals surface area contributed by atoms with Crippen molar-refractivity contribution in [3.8, 4) is 11.8 Å². The Balaban J connectivity index is 1.73. The van der Waals surface area contributed by atoms with E-state index in [-0.39, 0.29) is 0 Å². The van der Waals surface area contributed by atoms with Crippen LogP contribution in [0.3, 0.4) is 0 Å². The molecule has 0 aliphatic carbocycles. The third-order valence-electron chi connectivity index (χ3n) is 3.72. The summed E-state index contributed by atoms with van der Waals surface area (Å²) in [5, 5.41) is 5.41. The van der Waals surface area contributed by atoms with Crippen LogP contribution >= 0.6 is 15.9 Å². The lowest BCUT2D eigenvalue weighted by Gasteiger charge is -2.07. The molecule has 0 spiro atoms. The van der Waals surface area contributed by atoms with Gasteiger partial charge < -0.3 is 4.74 Å². The zero-order valence-corrected chi connectivity index (χ0v) is 14.9. The maximum Gasteiger partial charge on any atom is 0.254 e. The minimum Gasteiger partial charge on any atom is -0.481 e. The van der Waals surface area contributed by atoms with Gasteiger partial charge in [-0.2, -0.15) is 19.7 Å². The molecular formula is C17H13BrN6O. The molecule has 3 heterocycles. The van der Waals surface area contributed by atoms with E-state index in [1.807, 2.05) is 30.3 Å². The van der Waals surface area contributed by atoms with E-state index in [0.29, 0.717) is 24.1 Å². The molecule has 4 rings (SSSR count). The van der Waals surface area contributed by atoms with Gasteiger partial charge in [-0.1, -0.05) is 28.1 Å². The monoisotopic (exact) mass is 396 g/mol. The highest BCUT2D eigenvalue weighted by molar-refractivity contribution is 9.10. The molecule has 0 N–H and O–H groups in total. The van der Waals surface area contributed by atoms with Crippen LogP contribution in [0.5, 0.6) is 5.88 Å². The van der Waals surface area contributed by atoms with Gasteiger partial charge in [0.05, 0.1) is 18.8 Å². The molecule has 1 aromatic carbocycles. The molecule has 124 valence electrons. The minimum absolute atomic E-state index is 0.473. The SMILES string of the molecule is COc1ncccc1Cc1ncnc(-n2ncc3ccc(Br)cc32)n1. The quantitative estimate of drug-likeness (QED) is 0.527. The van der Waals surface area contributed by atoms with Gasteiger partial charge in [0.2, 0.25) is 5.88 Å². The lowest BCUT2D eigenvalue weighted by molar-refractivity contribution is 0.393. The summed E-state index contributed by atoms with van der Waals surface area (Å²) in [6, 6.07) is 9.75. The van der Waals surface area contributed by atoms with Crippen LogP contribution in [0, 0.1) is 0 Å². The Morgan fingerprint density at radius 3 is 2.96 bits per heavy atom. The number of pyridine rings is 1. The van der Waals surface area contributed by atoms with Gasteiger partial charge in [-0.25, -0.2) is 9.97 Å². The average molecular weight is 397 g/mol. The van der Waals surface area contributed by atoms with Gasteiger partial charge in [0.15, 0.2) is 0 Å². The summed E-state index contributed by atoms with van der Waals surface area (Å²) >= 11 is 3.48. The molecule has 7 nitrogen and oxygen atoms in total. The topological polar surface area (TPSA) is 78.6 Å². The molecule has 8 heteroatoms. The van der Waals surface area contributed by atoms with E-state index in [1.165, 1.54) is 6.33 Å². The Morgan fingerprint density at radius 2 is 2.08 bits per heavy atom. The van der Waals surface area contributed by atoms with E-state index < -0.39 is 0 Å². The highest BCUT2D eigenvalue weighted by atomic mass is 79.9. The molecule has 0 saturated heterocycles. The number of hydrogen-bond acceptors (Lipinski definition) is 6. The predicted molar refractivity (Wildman–Crippen MR) is 95.8 cm³/mol. The van der Waals surface area contributed by atoms with Gasteiger partial charge in [-0.05, 0) is 18.2 Å².